The van der Waals surface area contributed by atoms with Gasteiger partial charge in [-0.3, -0.25) is 4.79 Å². The van der Waals surface area contributed by atoms with Gasteiger partial charge in [-0.15, -0.1) is 0 Å². The molecule has 0 saturated heterocycles. The van der Waals surface area contributed by atoms with Gasteiger partial charge in [-0.1, -0.05) is 0 Å². The molecule has 0 aliphatic heterocycles. The Kier molecular flexibility index (Phi) is 2.81. The summed E-state index contributed by atoms with van der Waals surface area (Å²) in [7, 11) is 0. The zero-order chi connectivity index (χ0) is 14.2. The Bertz CT molecular complexity index is 846. The van der Waals surface area contributed by atoms with Crippen LogP contribution in [0.25, 0.3) is 10.9 Å². The predicted octanol–water partition coefficient (Wildman–Crippen LogP) is 3.35. The molecule has 1 unspecified atom stereocenters. The van der Waals surface area contributed by atoms with E-state index in [9.17, 15) is 4.79 Å². The Hall–Kier alpha value is -2.49. The minimum Gasteiger partial charge on any atom is -0.378 e. The molecule has 0 radical (unpaired) electrons. The molecule has 4 nitrogen and oxygen atoms in total. The summed E-state index contributed by atoms with van der Waals surface area (Å²) in [5.74, 6) is 0. The van der Waals surface area contributed by atoms with Crippen LogP contribution in [0.1, 0.15) is 30.1 Å². The SMILES string of the molecule is O=c1ccc2c([nH]1)CCCC2Nc1ccc2[nH]ccc2c1. The molecule has 3 aromatic rings. The van der Waals surface area contributed by atoms with Crippen LogP contribution in [0, 0.1) is 0 Å². The van der Waals surface area contributed by atoms with Crippen molar-refractivity contribution in [3.63, 3.8) is 0 Å². The average Bonchev–Trinajstić information content (AvgIpc) is 2.95. The number of hydrogen-bond acceptors (Lipinski definition) is 2. The van der Waals surface area contributed by atoms with Gasteiger partial charge in [0.15, 0.2) is 0 Å². The Labute approximate surface area is 122 Å². The topological polar surface area (TPSA) is 60.7 Å². The molecular weight excluding hydrogens is 262 g/mol. The van der Waals surface area contributed by atoms with E-state index in [1.165, 1.54) is 10.9 Å². The lowest BCUT2D eigenvalue weighted by Gasteiger charge is -2.26. The van der Waals surface area contributed by atoms with Crippen molar-refractivity contribution in [3.8, 4) is 0 Å². The molecule has 0 saturated carbocycles. The highest BCUT2D eigenvalue weighted by Crippen LogP contribution is 2.31. The normalized spacial score (nSPS) is 17.6. The van der Waals surface area contributed by atoms with Crippen molar-refractivity contribution in [2.45, 2.75) is 25.3 Å². The summed E-state index contributed by atoms with van der Waals surface area (Å²) in [5, 5.41) is 4.81. The monoisotopic (exact) mass is 279 g/mol. The van der Waals surface area contributed by atoms with Gasteiger partial charge in [-0.05, 0) is 55.2 Å². The fourth-order valence-electron chi connectivity index (χ4n) is 3.19. The lowest BCUT2D eigenvalue weighted by atomic mass is 9.91. The molecule has 0 bridgehead atoms. The van der Waals surface area contributed by atoms with E-state index in [0.717, 1.165) is 36.2 Å². The van der Waals surface area contributed by atoms with Crippen molar-refractivity contribution in [1.82, 2.24) is 9.97 Å². The third kappa shape index (κ3) is 2.23. The molecule has 0 amide bonds. The molecule has 2 aromatic heterocycles. The van der Waals surface area contributed by atoms with Crippen molar-refractivity contribution in [1.29, 1.82) is 0 Å². The van der Waals surface area contributed by atoms with E-state index in [1.54, 1.807) is 6.07 Å². The number of aromatic nitrogens is 2. The first-order chi connectivity index (χ1) is 10.3. The Morgan fingerprint density at radius 1 is 1.14 bits per heavy atom. The number of anilines is 1. The molecule has 1 atom stereocenters. The van der Waals surface area contributed by atoms with Gasteiger partial charge >= 0.3 is 0 Å². The van der Waals surface area contributed by atoms with Crippen molar-refractivity contribution in [2.24, 2.45) is 0 Å². The molecular formula is C17H17N3O. The number of fused-ring (bicyclic) bond motifs is 2. The standard InChI is InChI=1S/C17H17N3O/c21-17-7-5-13-15(2-1-3-16(13)20-17)19-12-4-6-14-11(10-12)8-9-18-14/h4-10,15,18-19H,1-3H2,(H,20,21). The first-order valence-corrected chi connectivity index (χ1v) is 7.35. The molecule has 1 aromatic carbocycles. The maximum atomic E-state index is 11.4. The first-order valence-electron chi connectivity index (χ1n) is 7.35. The molecule has 21 heavy (non-hydrogen) atoms. The number of benzene rings is 1. The first kappa shape index (κ1) is 12.3. The summed E-state index contributed by atoms with van der Waals surface area (Å²) in [4.78, 5) is 17.6. The van der Waals surface area contributed by atoms with Crippen LogP contribution in [-0.4, -0.2) is 9.97 Å². The second-order valence-electron chi connectivity index (χ2n) is 5.63. The third-order valence-corrected chi connectivity index (χ3v) is 4.23. The van der Waals surface area contributed by atoms with Crippen LogP contribution in [0.4, 0.5) is 5.69 Å². The van der Waals surface area contributed by atoms with Gasteiger partial charge in [-0.25, -0.2) is 0 Å². The number of aryl methyl sites for hydroxylation is 1. The summed E-state index contributed by atoms with van der Waals surface area (Å²) >= 11 is 0. The molecule has 1 aliphatic carbocycles. The van der Waals surface area contributed by atoms with E-state index in [0.29, 0.717) is 0 Å². The summed E-state index contributed by atoms with van der Waals surface area (Å²) in [6.07, 6.45) is 5.09. The summed E-state index contributed by atoms with van der Waals surface area (Å²) in [6, 6.07) is 12.3. The van der Waals surface area contributed by atoms with E-state index in [2.05, 4.69) is 39.6 Å². The highest BCUT2D eigenvalue weighted by Gasteiger charge is 2.20. The number of aromatic amines is 2. The van der Waals surface area contributed by atoms with Gasteiger partial charge in [0.05, 0.1) is 6.04 Å². The van der Waals surface area contributed by atoms with Crippen LogP contribution in [-0.2, 0) is 6.42 Å². The zero-order valence-corrected chi connectivity index (χ0v) is 11.6. The van der Waals surface area contributed by atoms with Gasteiger partial charge < -0.3 is 15.3 Å². The van der Waals surface area contributed by atoms with Gasteiger partial charge in [-0.2, -0.15) is 0 Å². The molecule has 4 heteroatoms. The smallest absolute Gasteiger partial charge is 0.248 e. The van der Waals surface area contributed by atoms with Crippen molar-refractivity contribution >= 4 is 16.6 Å². The second kappa shape index (κ2) is 4.81. The highest BCUT2D eigenvalue weighted by atomic mass is 16.1. The number of rotatable bonds is 2. The number of nitrogens with one attached hydrogen (secondary N) is 3. The van der Waals surface area contributed by atoms with Crippen LogP contribution in [0.15, 0.2) is 47.4 Å². The maximum absolute atomic E-state index is 11.4. The average molecular weight is 279 g/mol. The molecule has 106 valence electrons. The van der Waals surface area contributed by atoms with E-state index in [1.807, 2.05) is 12.3 Å². The molecule has 0 fully saturated rings. The largest absolute Gasteiger partial charge is 0.378 e. The minimum atomic E-state index is -0.0110. The lowest BCUT2D eigenvalue weighted by molar-refractivity contribution is 0.587. The number of H-pyrrole nitrogens is 2. The zero-order valence-electron chi connectivity index (χ0n) is 11.6. The predicted molar refractivity (Wildman–Crippen MR) is 84.7 cm³/mol. The number of hydrogen-bond donors (Lipinski definition) is 3. The Balaban J connectivity index is 1.67. The fraction of sp³-hybridized carbons (Fsp3) is 0.235. The maximum Gasteiger partial charge on any atom is 0.248 e. The molecule has 1 aliphatic rings. The summed E-state index contributed by atoms with van der Waals surface area (Å²) in [6.45, 7) is 0. The van der Waals surface area contributed by atoms with E-state index < -0.39 is 0 Å². The van der Waals surface area contributed by atoms with Crippen LogP contribution >= 0.6 is 0 Å². The van der Waals surface area contributed by atoms with Gasteiger partial charge in [0.2, 0.25) is 5.56 Å². The Morgan fingerprint density at radius 2 is 2.10 bits per heavy atom. The highest BCUT2D eigenvalue weighted by molar-refractivity contribution is 5.83. The quantitative estimate of drug-likeness (QED) is 0.673. The Morgan fingerprint density at radius 3 is 3.05 bits per heavy atom. The minimum absolute atomic E-state index is 0.0110. The van der Waals surface area contributed by atoms with Crippen LogP contribution in [0.3, 0.4) is 0 Å². The third-order valence-electron chi connectivity index (χ3n) is 4.23. The van der Waals surface area contributed by atoms with Gasteiger partial charge in [0.25, 0.3) is 0 Å². The van der Waals surface area contributed by atoms with Crippen molar-refractivity contribution in [3.05, 3.63) is 64.2 Å². The van der Waals surface area contributed by atoms with Crippen molar-refractivity contribution in [2.75, 3.05) is 5.32 Å². The van der Waals surface area contributed by atoms with Crippen LogP contribution in [0.2, 0.25) is 0 Å². The van der Waals surface area contributed by atoms with E-state index in [4.69, 9.17) is 0 Å². The van der Waals surface area contributed by atoms with Crippen LogP contribution < -0.4 is 10.9 Å². The molecule has 0 spiro atoms. The van der Waals surface area contributed by atoms with Crippen LogP contribution in [0.5, 0.6) is 0 Å². The lowest BCUT2D eigenvalue weighted by Crippen LogP contribution is -2.21. The fourth-order valence-corrected chi connectivity index (χ4v) is 3.19. The van der Waals surface area contributed by atoms with E-state index in [-0.39, 0.29) is 11.6 Å². The number of pyridine rings is 1. The molecule has 4 rings (SSSR count). The molecule has 2 heterocycles. The van der Waals surface area contributed by atoms with Crippen molar-refractivity contribution < 1.29 is 0 Å². The van der Waals surface area contributed by atoms with E-state index >= 15 is 0 Å². The van der Waals surface area contributed by atoms with Gasteiger partial charge in [0.1, 0.15) is 0 Å². The second-order valence-corrected chi connectivity index (χ2v) is 5.63. The summed E-state index contributed by atoms with van der Waals surface area (Å²) < 4.78 is 0. The van der Waals surface area contributed by atoms with Gasteiger partial charge in [0, 0.05) is 34.5 Å². The molecule has 3 N–H and O–H groups in total. The summed E-state index contributed by atoms with van der Waals surface area (Å²) in [5.41, 5.74) is 4.55.